The van der Waals surface area contributed by atoms with Gasteiger partial charge in [0.15, 0.2) is 0 Å². The van der Waals surface area contributed by atoms with E-state index >= 15 is 0 Å². The molecule has 2 aliphatic rings. The second-order valence-corrected chi connectivity index (χ2v) is 8.54. The Kier molecular flexibility index (Phi) is 4.49. The number of aromatic nitrogens is 3. The minimum atomic E-state index is 0.0129. The van der Waals surface area contributed by atoms with Crippen LogP contribution in [0.15, 0.2) is 42.0 Å². The van der Waals surface area contributed by atoms with Crippen molar-refractivity contribution < 1.29 is 4.79 Å². The maximum atomic E-state index is 12.7. The van der Waals surface area contributed by atoms with E-state index in [1.165, 1.54) is 29.7 Å². The van der Waals surface area contributed by atoms with Crippen LogP contribution in [0.2, 0.25) is 0 Å². The molecule has 1 saturated carbocycles. The van der Waals surface area contributed by atoms with Crippen molar-refractivity contribution in [2.45, 2.75) is 31.7 Å². The summed E-state index contributed by atoms with van der Waals surface area (Å²) in [7, 11) is 0. The highest BCUT2D eigenvalue weighted by Gasteiger charge is 2.24. The van der Waals surface area contributed by atoms with Crippen molar-refractivity contribution in [3.05, 3.63) is 53.3 Å². The van der Waals surface area contributed by atoms with Crippen molar-refractivity contribution >= 4 is 17.2 Å². The molecule has 28 heavy (non-hydrogen) atoms. The maximum absolute atomic E-state index is 12.7. The summed E-state index contributed by atoms with van der Waals surface area (Å²) >= 11 is 1.49. The fraction of sp³-hybridized carbons (Fsp3) is 0.381. The van der Waals surface area contributed by atoms with Gasteiger partial charge in [-0.25, -0.2) is 9.67 Å². The summed E-state index contributed by atoms with van der Waals surface area (Å²) in [5.74, 6) is 0.770. The number of piperazine rings is 1. The van der Waals surface area contributed by atoms with Crippen LogP contribution in [0.5, 0.6) is 0 Å². The molecule has 7 heteroatoms. The minimum absolute atomic E-state index is 0.0129. The average Bonchev–Trinajstić information content (AvgIpc) is 3.25. The number of thiazole rings is 1. The third-order valence-electron chi connectivity index (χ3n) is 5.42. The fourth-order valence-corrected chi connectivity index (χ4v) is 4.44. The van der Waals surface area contributed by atoms with E-state index in [1.807, 2.05) is 27.4 Å². The molecule has 0 spiro atoms. The van der Waals surface area contributed by atoms with E-state index in [0.717, 1.165) is 41.8 Å². The number of hydrogen-bond acceptors (Lipinski definition) is 5. The number of carbonyl (C=O) groups excluding carboxylic acids is 1. The fourth-order valence-electron chi connectivity index (χ4n) is 3.67. The minimum Gasteiger partial charge on any atom is -0.334 e. The molecule has 1 amide bonds. The first kappa shape index (κ1) is 17.6. The summed E-state index contributed by atoms with van der Waals surface area (Å²) in [6.07, 6.45) is 6.41. The van der Waals surface area contributed by atoms with Crippen LogP contribution >= 0.6 is 11.3 Å². The topological polar surface area (TPSA) is 63.1 Å². The molecule has 0 unspecified atom stereocenters. The van der Waals surface area contributed by atoms with Gasteiger partial charge in [0.25, 0.3) is 5.91 Å². The van der Waals surface area contributed by atoms with Crippen molar-refractivity contribution in [2.24, 2.45) is 0 Å². The quantitative estimate of drug-likeness (QED) is 0.739. The lowest BCUT2D eigenvalue weighted by atomic mass is 10.1. The SMILES string of the molecule is C[C@H]1CN(C(=O)c2csc(-c3cnn(-c4ccc(C5CC5)cc4)c3)n2)CCN1. The van der Waals surface area contributed by atoms with Crippen LogP contribution in [0.1, 0.15) is 41.7 Å². The van der Waals surface area contributed by atoms with E-state index in [0.29, 0.717) is 11.7 Å². The molecule has 1 aliphatic heterocycles. The molecule has 6 nitrogen and oxygen atoms in total. The van der Waals surface area contributed by atoms with Gasteiger partial charge >= 0.3 is 0 Å². The highest BCUT2D eigenvalue weighted by molar-refractivity contribution is 7.13. The van der Waals surface area contributed by atoms with Crippen LogP contribution in [0, 0.1) is 0 Å². The first-order valence-corrected chi connectivity index (χ1v) is 10.7. The normalized spacial score (nSPS) is 19.8. The first-order chi connectivity index (χ1) is 13.7. The molecule has 0 bridgehead atoms. The number of hydrogen-bond donors (Lipinski definition) is 1. The Morgan fingerprint density at radius 2 is 2.07 bits per heavy atom. The average molecular weight is 394 g/mol. The first-order valence-electron chi connectivity index (χ1n) is 9.81. The third kappa shape index (κ3) is 3.47. The van der Waals surface area contributed by atoms with Crippen molar-refractivity contribution in [2.75, 3.05) is 19.6 Å². The molecule has 3 heterocycles. The largest absolute Gasteiger partial charge is 0.334 e. The zero-order valence-corrected chi connectivity index (χ0v) is 16.7. The molecule has 1 saturated heterocycles. The zero-order valence-electron chi connectivity index (χ0n) is 15.8. The lowest BCUT2D eigenvalue weighted by Gasteiger charge is -2.31. The zero-order chi connectivity index (χ0) is 19.1. The van der Waals surface area contributed by atoms with Gasteiger partial charge in [-0.05, 0) is 43.4 Å². The molecule has 144 valence electrons. The predicted molar refractivity (Wildman–Crippen MR) is 110 cm³/mol. The third-order valence-corrected chi connectivity index (χ3v) is 6.31. The molecule has 2 aromatic heterocycles. The van der Waals surface area contributed by atoms with Crippen LogP contribution in [0.3, 0.4) is 0 Å². The number of rotatable bonds is 4. The van der Waals surface area contributed by atoms with Gasteiger partial charge in [0.2, 0.25) is 0 Å². The molecule has 3 aromatic rings. The molecular weight excluding hydrogens is 370 g/mol. The van der Waals surface area contributed by atoms with Crippen molar-refractivity contribution in [3.63, 3.8) is 0 Å². The van der Waals surface area contributed by atoms with Gasteiger partial charge in [0, 0.05) is 42.8 Å². The number of carbonyl (C=O) groups is 1. The van der Waals surface area contributed by atoms with Crippen LogP contribution in [0.4, 0.5) is 0 Å². The van der Waals surface area contributed by atoms with E-state index in [9.17, 15) is 4.79 Å². The Bertz CT molecular complexity index is 988. The van der Waals surface area contributed by atoms with E-state index in [2.05, 4.69) is 46.6 Å². The number of nitrogens with one attached hydrogen (secondary N) is 1. The van der Waals surface area contributed by atoms with Crippen molar-refractivity contribution in [1.29, 1.82) is 0 Å². The van der Waals surface area contributed by atoms with Gasteiger partial charge in [-0.1, -0.05) is 12.1 Å². The van der Waals surface area contributed by atoms with Crippen molar-refractivity contribution in [3.8, 4) is 16.3 Å². The predicted octanol–water partition coefficient (Wildman–Crippen LogP) is 3.31. The van der Waals surface area contributed by atoms with E-state index in [4.69, 9.17) is 0 Å². The molecule has 2 fully saturated rings. The summed E-state index contributed by atoms with van der Waals surface area (Å²) in [4.78, 5) is 19.2. The monoisotopic (exact) mass is 393 g/mol. The Balaban J connectivity index is 1.32. The highest BCUT2D eigenvalue weighted by Crippen LogP contribution is 2.40. The molecule has 0 radical (unpaired) electrons. The molecule has 1 atom stereocenters. The van der Waals surface area contributed by atoms with Gasteiger partial charge in [0.05, 0.1) is 11.9 Å². The maximum Gasteiger partial charge on any atom is 0.273 e. The summed E-state index contributed by atoms with van der Waals surface area (Å²) < 4.78 is 1.87. The van der Waals surface area contributed by atoms with Gasteiger partial charge in [-0.2, -0.15) is 5.10 Å². The second-order valence-electron chi connectivity index (χ2n) is 7.68. The molecule has 1 aromatic carbocycles. The Hall–Kier alpha value is -2.51. The van der Waals surface area contributed by atoms with E-state index < -0.39 is 0 Å². The second kappa shape index (κ2) is 7.14. The van der Waals surface area contributed by atoms with Crippen LogP contribution < -0.4 is 5.32 Å². The summed E-state index contributed by atoms with van der Waals surface area (Å²) in [6, 6.07) is 8.95. The number of amides is 1. The van der Waals surface area contributed by atoms with Crippen LogP contribution in [0.25, 0.3) is 16.3 Å². The molecule has 1 aliphatic carbocycles. The van der Waals surface area contributed by atoms with Crippen molar-refractivity contribution in [1.82, 2.24) is 25.0 Å². The number of benzene rings is 1. The Labute approximate surface area is 168 Å². The summed E-state index contributed by atoms with van der Waals surface area (Å²) in [5.41, 5.74) is 3.92. The molecule has 1 N–H and O–H groups in total. The summed E-state index contributed by atoms with van der Waals surface area (Å²) in [5, 5.41) is 10.5. The lowest BCUT2D eigenvalue weighted by molar-refractivity contribution is 0.0704. The van der Waals surface area contributed by atoms with Gasteiger partial charge in [-0.15, -0.1) is 11.3 Å². The number of nitrogens with zero attached hydrogens (tertiary/aromatic N) is 4. The standard InChI is InChI=1S/C21H23N5OS/c1-14-11-25(9-8-22-14)21(27)19-13-28-20(24-19)17-10-23-26(12-17)18-6-4-16(5-7-18)15-2-3-15/h4-7,10,12-15,22H,2-3,8-9,11H2,1H3/t14-/m0/s1. The molecular formula is C21H23N5OS. The smallest absolute Gasteiger partial charge is 0.273 e. The van der Waals surface area contributed by atoms with Gasteiger partial charge < -0.3 is 10.2 Å². The lowest BCUT2D eigenvalue weighted by Crippen LogP contribution is -2.51. The van der Waals surface area contributed by atoms with Gasteiger partial charge in [0.1, 0.15) is 10.7 Å². The summed E-state index contributed by atoms with van der Waals surface area (Å²) in [6.45, 7) is 4.37. The Morgan fingerprint density at radius 1 is 1.25 bits per heavy atom. The van der Waals surface area contributed by atoms with Gasteiger partial charge in [-0.3, -0.25) is 4.79 Å². The van der Waals surface area contributed by atoms with Crippen LogP contribution in [-0.2, 0) is 0 Å². The van der Waals surface area contributed by atoms with Crippen LogP contribution in [-0.4, -0.2) is 51.2 Å². The highest BCUT2D eigenvalue weighted by atomic mass is 32.1. The Morgan fingerprint density at radius 3 is 2.82 bits per heavy atom. The van der Waals surface area contributed by atoms with E-state index in [1.54, 1.807) is 0 Å². The van der Waals surface area contributed by atoms with E-state index in [-0.39, 0.29) is 5.91 Å². The molecule has 5 rings (SSSR count).